The van der Waals surface area contributed by atoms with Crippen molar-refractivity contribution in [3.8, 4) is 0 Å². The highest BCUT2D eigenvalue weighted by Crippen LogP contribution is 2.32. The van der Waals surface area contributed by atoms with E-state index in [1.54, 1.807) is 0 Å². The molecule has 0 aromatic heterocycles. The zero-order valence-electron chi connectivity index (χ0n) is 10.7. The molecular formula is C14H20N2O. The first-order chi connectivity index (χ1) is 8.06. The number of fused-ring (bicyclic) bond motifs is 1. The number of para-hydroxylation sites is 1. The monoisotopic (exact) mass is 232 g/mol. The van der Waals surface area contributed by atoms with Crippen LogP contribution in [0.2, 0.25) is 0 Å². The van der Waals surface area contributed by atoms with E-state index in [4.69, 9.17) is 0 Å². The molecule has 1 heterocycles. The first kappa shape index (κ1) is 12.0. The highest BCUT2D eigenvalue weighted by Gasteiger charge is 2.30. The number of nitrogens with zero attached hydrogens (tertiary/aromatic N) is 1. The summed E-state index contributed by atoms with van der Waals surface area (Å²) in [7, 11) is 0. The number of hydrogen-bond donors (Lipinski definition) is 2. The highest BCUT2D eigenvalue weighted by atomic mass is 16.3. The summed E-state index contributed by atoms with van der Waals surface area (Å²) in [6, 6.07) is 5.88. The molecule has 0 fully saturated rings. The molecule has 3 nitrogen and oxygen atoms in total. The largest absolute Gasteiger partial charge is 0.493 e. The number of aliphatic hydroxyl groups excluding tert-OH is 1. The van der Waals surface area contributed by atoms with E-state index < -0.39 is 0 Å². The number of aliphatic imine (C=N–C) groups is 1. The summed E-state index contributed by atoms with van der Waals surface area (Å²) in [6.45, 7) is 6.24. The molecule has 1 aliphatic rings. The maximum absolute atomic E-state index is 10.0. The van der Waals surface area contributed by atoms with Crippen LogP contribution in [0.3, 0.4) is 0 Å². The number of aryl methyl sites for hydroxylation is 1. The van der Waals surface area contributed by atoms with Gasteiger partial charge >= 0.3 is 0 Å². The maximum Gasteiger partial charge on any atom is 0.218 e. The lowest BCUT2D eigenvalue weighted by atomic mass is 9.98. The number of aliphatic hydroxyl groups is 1. The fraction of sp³-hybridized carbons (Fsp3) is 0.500. The molecule has 0 saturated carbocycles. The van der Waals surface area contributed by atoms with Crippen LogP contribution in [-0.2, 0) is 0 Å². The molecule has 0 radical (unpaired) electrons. The average Bonchev–Trinajstić information content (AvgIpc) is 2.28. The lowest BCUT2D eigenvalue weighted by Gasteiger charge is -2.33. The van der Waals surface area contributed by atoms with Gasteiger partial charge < -0.3 is 10.4 Å². The van der Waals surface area contributed by atoms with Gasteiger partial charge in [0.2, 0.25) is 5.90 Å². The number of anilines is 1. The molecule has 0 spiro atoms. The SMILES string of the molecule is CCCCC1(C)N=C(O)c2cccc(C)c2N1. The molecule has 1 unspecified atom stereocenters. The summed E-state index contributed by atoms with van der Waals surface area (Å²) >= 11 is 0. The fourth-order valence-electron chi connectivity index (χ4n) is 2.25. The average molecular weight is 232 g/mol. The molecule has 2 rings (SSSR count). The lowest BCUT2D eigenvalue weighted by Crippen LogP contribution is -2.38. The summed E-state index contributed by atoms with van der Waals surface area (Å²) in [6.07, 6.45) is 3.16. The van der Waals surface area contributed by atoms with E-state index in [2.05, 4.69) is 17.2 Å². The normalized spacial score (nSPS) is 22.6. The number of benzene rings is 1. The van der Waals surface area contributed by atoms with E-state index in [1.165, 1.54) is 0 Å². The smallest absolute Gasteiger partial charge is 0.218 e. The van der Waals surface area contributed by atoms with E-state index in [0.29, 0.717) is 0 Å². The Hall–Kier alpha value is -1.51. The summed E-state index contributed by atoms with van der Waals surface area (Å²) in [4.78, 5) is 4.40. The van der Waals surface area contributed by atoms with E-state index in [9.17, 15) is 5.11 Å². The van der Waals surface area contributed by atoms with Crippen LogP contribution >= 0.6 is 0 Å². The van der Waals surface area contributed by atoms with Crippen LogP contribution in [0.15, 0.2) is 23.2 Å². The van der Waals surface area contributed by atoms with Crippen LogP contribution < -0.4 is 5.32 Å². The molecule has 2 N–H and O–H groups in total. The van der Waals surface area contributed by atoms with Crippen LogP contribution in [0.5, 0.6) is 0 Å². The van der Waals surface area contributed by atoms with Crippen molar-refractivity contribution in [2.45, 2.75) is 45.7 Å². The second-order valence-corrected chi connectivity index (χ2v) is 4.94. The molecular weight excluding hydrogens is 212 g/mol. The van der Waals surface area contributed by atoms with Crippen LogP contribution in [-0.4, -0.2) is 16.7 Å². The van der Waals surface area contributed by atoms with Gasteiger partial charge in [0.05, 0.1) is 11.3 Å². The first-order valence-electron chi connectivity index (χ1n) is 6.23. The lowest BCUT2D eigenvalue weighted by molar-refractivity contribution is 0.442. The topological polar surface area (TPSA) is 44.6 Å². The maximum atomic E-state index is 10.0. The minimum Gasteiger partial charge on any atom is -0.493 e. The molecule has 0 amide bonds. The number of hydrogen-bond acceptors (Lipinski definition) is 2. The third-order valence-corrected chi connectivity index (χ3v) is 3.28. The van der Waals surface area contributed by atoms with E-state index in [0.717, 1.165) is 36.1 Å². The summed E-state index contributed by atoms with van der Waals surface area (Å²) in [5.41, 5.74) is 2.59. The Labute approximate surface area is 103 Å². The Morgan fingerprint density at radius 1 is 1.41 bits per heavy atom. The fourth-order valence-corrected chi connectivity index (χ4v) is 2.25. The van der Waals surface area contributed by atoms with Gasteiger partial charge in [0, 0.05) is 0 Å². The van der Waals surface area contributed by atoms with Gasteiger partial charge in [0.15, 0.2) is 0 Å². The molecule has 17 heavy (non-hydrogen) atoms. The van der Waals surface area contributed by atoms with Crippen molar-refractivity contribution in [2.24, 2.45) is 4.99 Å². The second-order valence-electron chi connectivity index (χ2n) is 4.94. The minimum atomic E-state index is -0.376. The third kappa shape index (κ3) is 2.28. The van der Waals surface area contributed by atoms with Gasteiger partial charge in [-0.1, -0.05) is 25.5 Å². The zero-order valence-corrected chi connectivity index (χ0v) is 10.7. The van der Waals surface area contributed by atoms with Gasteiger partial charge in [-0.25, -0.2) is 4.99 Å². The van der Waals surface area contributed by atoms with Crippen LogP contribution in [0, 0.1) is 6.92 Å². The number of unbranched alkanes of at least 4 members (excludes halogenated alkanes) is 1. The quantitative estimate of drug-likeness (QED) is 0.835. The van der Waals surface area contributed by atoms with Crippen molar-refractivity contribution in [3.63, 3.8) is 0 Å². The zero-order chi connectivity index (χ0) is 12.5. The predicted octanol–water partition coefficient (Wildman–Crippen LogP) is 3.63. The van der Waals surface area contributed by atoms with Crippen molar-refractivity contribution in [3.05, 3.63) is 29.3 Å². The second kappa shape index (κ2) is 4.40. The highest BCUT2D eigenvalue weighted by molar-refractivity contribution is 6.00. The van der Waals surface area contributed by atoms with Crippen molar-refractivity contribution < 1.29 is 5.11 Å². The molecule has 1 aliphatic heterocycles. The van der Waals surface area contributed by atoms with Gasteiger partial charge in [0.1, 0.15) is 5.66 Å². The molecule has 3 heteroatoms. The molecule has 1 atom stereocenters. The minimum absolute atomic E-state index is 0.154. The first-order valence-corrected chi connectivity index (χ1v) is 6.23. The Bertz CT molecular complexity index is 454. The van der Waals surface area contributed by atoms with E-state index in [-0.39, 0.29) is 11.6 Å². The Kier molecular flexibility index (Phi) is 3.09. The van der Waals surface area contributed by atoms with Gasteiger partial charge in [-0.15, -0.1) is 0 Å². The van der Waals surface area contributed by atoms with Gasteiger partial charge in [-0.3, -0.25) is 0 Å². The standard InChI is InChI=1S/C14H20N2O/c1-4-5-9-14(3)15-12-10(2)7-6-8-11(12)13(17)16-14/h6-8,15H,4-5,9H2,1-3H3,(H,16,17). The predicted molar refractivity (Wildman–Crippen MR) is 71.9 cm³/mol. The Morgan fingerprint density at radius 3 is 2.88 bits per heavy atom. The van der Waals surface area contributed by atoms with E-state index >= 15 is 0 Å². The molecule has 92 valence electrons. The van der Waals surface area contributed by atoms with Crippen LogP contribution in [0.25, 0.3) is 0 Å². The van der Waals surface area contributed by atoms with Crippen LogP contribution in [0.1, 0.15) is 44.2 Å². The Balaban J connectivity index is 2.36. The molecule has 0 bridgehead atoms. The molecule has 1 aromatic rings. The Morgan fingerprint density at radius 2 is 2.18 bits per heavy atom. The molecule has 0 saturated heterocycles. The summed E-state index contributed by atoms with van der Waals surface area (Å²) in [5.74, 6) is 0.154. The van der Waals surface area contributed by atoms with Crippen molar-refractivity contribution in [1.82, 2.24) is 0 Å². The van der Waals surface area contributed by atoms with E-state index in [1.807, 2.05) is 32.0 Å². The van der Waals surface area contributed by atoms with Gasteiger partial charge in [-0.2, -0.15) is 0 Å². The van der Waals surface area contributed by atoms with Gasteiger partial charge in [0.25, 0.3) is 0 Å². The third-order valence-electron chi connectivity index (χ3n) is 3.28. The number of nitrogens with one attached hydrogen (secondary N) is 1. The summed E-state index contributed by atoms with van der Waals surface area (Å²) in [5, 5.41) is 13.5. The van der Waals surface area contributed by atoms with Crippen molar-refractivity contribution in [1.29, 1.82) is 0 Å². The van der Waals surface area contributed by atoms with Crippen molar-refractivity contribution >= 4 is 11.6 Å². The van der Waals surface area contributed by atoms with Crippen molar-refractivity contribution in [2.75, 3.05) is 5.32 Å². The van der Waals surface area contributed by atoms with Gasteiger partial charge in [-0.05, 0) is 38.3 Å². The molecule has 1 aromatic carbocycles. The number of rotatable bonds is 3. The summed E-state index contributed by atoms with van der Waals surface area (Å²) < 4.78 is 0. The van der Waals surface area contributed by atoms with Crippen LogP contribution in [0.4, 0.5) is 5.69 Å². The molecule has 0 aliphatic carbocycles.